The second-order valence-corrected chi connectivity index (χ2v) is 8.79. The Balaban J connectivity index is 1.91. The quantitative estimate of drug-likeness (QED) is 0.435. The van der Waals surface area contributed by atoms with Crippen LogP contribution in [-0.2, 0) is 21.6 Å². The van der Waals surface area contributed by atoms with Crippen LogP contribution in [0.4, 0.5) is 0 Å². The van der Waals surface area contributed by atoms with E-state index in [2.05, 4.69) is 30.9 Å². The number of aryl methyl sites for hydroxylation is 1. The molecule has 0 amide bonds. The minimum atomic E-state index is -0.428. The summed E-state index contributed by atoms with van der Waals surface area (Å²) in [6.45, 7) is 9.49. The van der Waals surface area contributed by atoms with E-state index in [9.17, 15) is 9.59 Å². The number of carbonyl (C=O) groups is 1. The van der Waals surface area contributed by atoms with E-state index in [-0.39, 0.29) is 17.6 Å². The van der Waals surface area contributed by atoms with Crippen LogP contribution in [-0.4, -0.2) is 20.7 Å². The van der Waals surface area contributed by atoms with Crippen LogP contribution < -0.4 is 5.56 Å². The van der Waals surface area contributed by atoms with E-state index in [1.165, 1.54) is 11.6 Å². The van der Waals surface area contributed by atoms with Crippen molar-refractivity contribution in [1.29, 1.82) is 0 Å². The molecule has 2 heterocycles. The van der Waals surface area contributed by atoms with Gasteiger partial charge in [0.2, 0.25) is 5.89 Å². The van der Waals surface area contributed by atoms with Crippen LogP contribution in [0.2, 0.25) is 0 Å². The molecule has 2 aromatic carbocycles. The normalized spacial score (nSPS) is 11.7. The van der Waals surface area contributed by atoms with E-state index in [1.54, 1.807) is 24.6 Å². The summed E-state index contributed by atoms with van der Waals surface area (Å²) in [6, 6.07) is 11.2. The lowest BCUT2D eigenvalue weighted by atomic mass is 9.86. The van der Waals surface area contributed by atoms with E-state index in [1.807, 2.05) is 31.2 Å². The first-order chi connectivity index (χ1) is 15.1. The van der Waals surface area contributed by atoms with Gasteiger partial charge in [0.05, 0.1) is 23.0 Å². The molecule has 0 saturated carbocycles. The molecule has 0 atom stereocenters. The van der Waals surface area contributed by atoms with Crippen molar-refractivity contribution in [2.75, 3.05) is 0 Å². The van der Waals surface area contributed by atoms with Gasteiger partial charge < -0.3 is 9.15 Å². The molecular weight excluding hydrogens is 406 g/mol. The highest BCUT2D eigenvalue weighted by Gasteiger charge is 2.20. The number of fused-ring (bicyclic) bond motifs is 1. The lowest BCUT2D eigenvalue weighted by molar-refractivity contribution is -0.142. The highest BCUT2D eigenvalue weighted by molar-refractivity contribution is 5.82. The Bertz CT molecular complexity index is 1380. The van der Waals surface area contributed by atoms with Gasteiger partial charge in [0.25, 0.3) is 5.56 Å². The van der Waals surface area contributed by atoms with E-state index >= 15 is 0 Å². The highest BCUT2D eigenvalue weighted by Crippen LogP contribution is 2.29. The molecule has 2 aromatic heterocycles. The molecule has 32 heavy (non-hydrogen) atoms. The van der Waals surface area contributed by atoms with E-state index in [4.69, 9.17) is 9.15 Å². The summed E-state index contributed by atoms with van der Waals surface area (Å²) in [5.41, 5.74) is 3.28. The standard InChI is InChI=1S/C25H25N3O4/c1-15-13-32-23(27-15)20-7-6-8-22(21(20)14-31-16(2)29)28-24(30)19-10-9-18(25(3,4)5)11-17(19)12-26-28/h6-13H,14H2,1-5H3. The number of rotatable bonds is 4. The van der Waals surface area contributed by atoms with Crippen molar-refractivity contribution in [3.8, 4) is 17.1 Å². The summed E-state index contributed by atoms with van der Waals surface area (Å²) >= 11 is 0. The van der Waals surface area contributed by atoms with Crippen molar-refractivity contribution in [3.05, 3.63) is 76.0 Å². The summed E-state index contributed by atoms with van der Waals surface area (Å²) in [6.07, 6.45) is 3.23. The number of carbonyl (C=O) groups excluding carboxylic acids is 1. The van der Waals surface area contributed by atoms with E-state index in [0.717, 1.165) is 16.6 Å². The summed E-state index contributed by atoms with van der Waals surface area (Å²) in [5.74, 6) is -0.0435. The van der Waals surface area contributed by atoms with Gasteiger partial charge >= 0.3 is 5.97 Å². The van der Waals surface area contributed by atoms with Crippen molar-refractivity contribution in [1.82, 2.24) is 14.8 Å². The van der Waals surface area contributed by atoms with Crippen molar-refractivity contribution >= 4 is 16.7 Å². The van der Waals surface area contributed by atoms with Crippen molar-refractivity contribution in [2.24, 2.45) is 0 Å². The monoisotopic (exact) mass is 431 g/mol. The average molecular weight is 431 g/mol. The van der Waals surface area contributed by atoms with Gasteiger partial charge in [-0.3, -0.25) is 9.59 Å². The van der Waals surface area contributed by atoms with Crippen molar-refractivity contribution in [2.45, 2.75) is 46.6 Å². The maximum Gasteiger partial charge on any atom is 0.302 e. The fraction of sp³-hybridized carbons (Fsp3) is 0.280. The van der Waals surface area contributed by atoms with Crippen LogP contribution in [0.15, 0.2) is 58.1 Å². The first-order valence-corrected chi connectivity index (χ1v) is 10.4. The first-order valence-electron chi connectivity index (χ1n) is 10.4. The summed E-state index contributed by atoms with van der Waals surface area (Å²) < 4.78 is 12.2. The molecule has 0 unspecified atom stereocenters. The molecule has 0 aliphatic rings. The summed E-state index contributed by atoms with van der Waals surface area (Å²) in [5, 5.41) is 5.78. The van der Waals surface area contributed by atoms with Crippen molar-refractivity contribution < 1.29 is 13.9 Å². The van der Waals surface area contributed by atoms with Gasteiger partial charge in [0.15, 0.2) is 0 Å². The molecule has 4 aromatic rings. The Morgan fingerprint density at radius 1 is 1.19 bits per heavy atom. The number of aromatic nitrogens is 3. The maximum atomic E-state index is 13.4. The molecule has 0 radical (unpaired) electrons. The third kappa shape index (κ3) is 4.06. The Morgan fingerprint density at radius 3 is 2.62 bits per heavy atom. The van der Waals surface area contributed by atoms with Gasteiger partial charge in [0, 0.05) is 23.4 Å². The molecule has 164 valence electrons. The number of esters is 1. The minimum Gasteiger partial charge on any atom is -0.461 e. The van der Waals surface area contributed by atoms with Gasteiger partial charge in [-0.2, -0.15) is 9.78 Å². The molecule has 4 rings (SSSR count). The number of hydrogen-bond donors (Lipinski definition) is 0. The zero-order chi connectivity index (χ0) is 23.0. The van der Waals surface area contributed by atoms with E-state index in [0.29, 0.717) is 28.1 Å². The van der Waals surface area contributed by atoms with Crippen LogP contribution in [0.1, 0.15) is 44.5 Å². The molecular formula is C25H25N3O4. The lowest BCUT2D eigenvalue weighted by Gasteiger charge is -2.19. The van der Waals surface area contributed by atoms with Gasteiger partial charge in [-0.1, -0.05) is 32.9 Å². The van der Waals surface area contributed by atoms with Crippen LogP contribution >= 0.6 is 0 Å². The predicted octanol–water partition coefficient (Wildman–Crippen LogP) is 4.71. The van der Waals surface area contributed by atoms with Crippen LogP contribution in [0.5, 0.6) is 0 Å². The number of oxazole rings is 1. The Kier molecular flexibility index (Phi) is 5.42. The molecule has 0 spiro atoms. The number of hydrogen-bond acceptors (Lipinski definition) is 6. The number of benzene rings is 2. The van der Waals surface area contributed by atoms with Crippen molar-refractivity contribution in [3.63, 3.8) is 0 Å². The predicted molar refractivity (Wildman–Crippen MR) is 122 cm³/mol. The molecule has 0 saturated heterocycles. The second-order valence-electron chi connectivity index (χ2n) is 8.79. The molecule has 7 heteroatoms. The molecule has 0 fully saturated rings. The molecule has 7 nitrogen and oxygen atoms in total. The molecule has 0 aliphatic carbocycles. The Labute approximate surface area is 185 Å². The Morgan fingerprint density at radius 2 is 1.97 bits per heavy atom. The average Bonchev–Trinajstić information content (AvgIpc) is 3.17. The van der Waals surface area contributed by atoms with Gasteiger partial charge in [-0.25, -0.2) is 4.98 Å². The number of ether oxygens (including phenoxy) is 1. The summed E-state index contributed by atoms with van der Waals surface area (Å²) in [4.78, 5) is 29.3. The number of nitrogens with zero attached hydrogens (tertiary/aromatic N) is 3. The fourth-order valence-corrected chi connectivity index (χ4v) is 3.57. The van der Waals surface area contributed by atoms with Gasteiger partial charge in [-0.15, -0.1) is 0 Å². The van der Waals surface area contributed by atoms with Crippen LogP contribution in [0.3, 0.4) is 0 Å². The molecule has 0 aliphatic heterocycles. The second kappa shape index (κ2) is 8.07. The molecule has 0 bridgehead atoms. The van der Waals surface area contributed by atoms with Gasteiger partial charge in [-0.05, 0) is 42.2 Å². The largest absolute Gasteiger partial charge is 0.461 e. The Hall–Kier alpha value is -3.74. The first kappa shape index (κ1) is 21.5. The smallest absolute Gasteiger partial charge is 0.302 e. The zero-order valence-corrected chi connectivity index (χ0v) is 18.8. The van der Waals surface area contributed by atoms with E-state index < -0.39 is 5.97 Å². The summed E-state index contributed by atoms with van der Waals surface area (Å²) in [7, 11) is 0. The lowest BCUT2D eigenvalue weighted by Crippen LogP contribution is -2.23. The third-order valence-corrected chi connectivity index (χ3v) is 5.30. The third-order valence-electron chi connectivity index (χ3n) is 5.30. The van der Waals surface area contributed by atoms with Crippen LogP contribution in [0, 0.1) is 6.92 Å². The highest BCUT2D eigenvalue weighted by atomic mass is 16.5. The minimum absolute atomic E-state index is 0.0389. The van der Waals surface area contributed by atoms with Gasteiger partial charge in [0.1, 0.15) is 12.9 Å². The maximum absolute atomic E-state index is 13.4. The fourth-order valence-electron chi connectivity index (χ4n) is 3.57. The van der Waals surface area contributed by atoms with Crippen LogP contribution in [0.25, 0.3) is 27.9 Å². The zero-order valence-electron chi connectivity index (χ0n) is 18.8. The topological polar surface area (TPSA) is 87.2 Å². The molecule has 0 N–H and O–H groups in total. The SMILES string of the molecule is CC(=O)OCc1c(-c2nc(C)co2)cccc1-n1ncc2cc(C(C)(C)C)ccc2c1=O.